The molecule has 140 valence electrons. The number of hydrogen-bond donors (Lipinski definition) is 1. The lowest BCUT2D eigenvalue weighted by Gasteiger charge is -2.08. The second-order valence-corrected chi connectivity index (χ2v) is 6.37. The number of aromatic amines is 1. The molecule has 29 heavy (non-hydrogen) atoms. The Bertz CT molecular complexity index is 1340. The first-order valence-corrected chi connectivity index (χ1v) is 8.82. The normalized spacial score (nSPS) is 10.4. The molecule has 0 radical (unpaired) electrons. The third-order valence-electron chi connectivity index (χ3n) is 4.65. The molecule has 4 rings (SSSR count). The van der Waals surface area contributed by atoms with Gasteiger partial charge in [-0.1, -0.05) is 42.5 Å². The van der Waals surface area contributed by atoms with Crippen molar-refractivity contribution in [2.45, 2.75) is 6.42 Å². The molecule has 0 aliphatic rings. The maximum Gasteiger partial charge on any atom is 0.289 e. The maximum atomic E-state index is 12.9. The van der Waals surface area contributed by atoms with Crippen LogP contribution in [0.2, 0.25) is 0 Å². The van der Waals surface area contributed by atoms with Crippen LogP contribution in [0.25, 0.3) is 16.8 Å². The van der Waals surface area contributed by atoms with E-state index in [1.165, 1.54) is 4.52 Å². The molecular weight excluding hydrogens is 366 g/mol. The molecule has 1 N–H and O–H groups in total. The van der Waals surface area contributed by atoms with Crippen LogP contribution in [0.1, 0.15) is 22.5 Å². The topological polar surface area (TPSA) is 107 Å². The van der Waals surface area contributed by atoms with Crippen LogP contribution in [-0.2, 0) is 6.42 Å². The first kappa shape index (κ1) is 18.0. The predicted octanol–water partition coefficient (Wildman–Crippen LogP) is 3.03. The smallest absolute Gasteiger partial charge is 0.289 e. The van der Waals surface area contributed by atoms with E-state index in [4.69, 9.17) is 4.74 Å². The molecule has 4 aromatic rings. The van der Waals surface area contributed by atoms with Gasteiger partial charge in [0, 0.05) is 12.0 Å². The van der Waals surface area contributed by atoms with Gasteiger partial charge in [0.15, 0.2) is 5.65 Å². The fourth-order valence-electron chi connectivity index (χ4n) is 3.28. The van der Waals surface area contributed by atoms with Crippen molar-refractivity contribution in [1.29, 1.82) is 10.5 Å². The zero-order chi connectivity index (χ0) is 20.4. The van der Waals surface area contributed by atoms with Crippen molar-refractivity contribution >= 4 is 5.65 Å². The van der Waals surface area contributed by atoms with Gasteiger partial charge in [-0.3, -0.25) is 9.89 Å². The highest BCUT2D eigenvalue weighted by Crippen LogP contribution is 2.29. The second-order valence-electron chi connectivity index (χ2n) is 6.37. The van der Waals surface area contributed by atoms with Gasteiger partial charge in [-0.15, -0.1) is 0 Å². The lowest BCUT2D eigenvalue weighted by atomic mass is 9.97. The van der Waals surface area contributed by atoms with Crippen LogP contribution in [0.4, 0.5) is 0 Å². The Morgan fingerprint density at radius 3 is 2.34 bits per heavy atom. The van der Waals surface area contributed by atoms with Crippen molar-refractivity contribution in [2.24, 2.45) is 0 Å². The fraction of sp³-hybridized carbons (Fsp3) is 0.0909. The molecule has 0 aliphatic heterocycles. The third kappa shape index (κ3) is 3.11. The molecule has 2 heterocycles. The summed E-state index contributed by atoms with van der Waals surface area (Å²) in [6, 6.07) is 20.6. The Morgan fingerprint density at radius 2 is 1.72 bits per heavy atom. The highest BCUT2D eigenvalue weighted by atomic mass is 16.5. The van der Waals surface area contributed by atoms with E-state index in [-0.39, 0.29) is 22.3 Å². The lowest BCUT2D eigenvalue weighted by Crippen LogP contribution is -2.20. The summed E-state index contributed by atoms with van der Waals surface area (Å²) in [5, 5.41) is 22.4. The van der Waals surface area contributed by atoms with Crippen LogP contribution in [0.15, 0.2) is 59.4 Å². The number of rotatable bonds is 4. The average Bonchev–Trinajstić information content (AvgIpc) is 3.18. The van der Waals surface area contributed by atoms with Gasteiger partial charge in [0.25, 0.3) is 5.56 Å². The molecular formula is C22H15N5O2. The molecule has 0 atom stereocenters. The first-order chi connectivity index (χ1) is 14.2. The summed E-state index contributed by atoms with van der Waals surface area (Å²) in [5.41, 5.74) is 1.58. The van der Waals surface area contributed by atoms with E-state index in [2.05, 4.69) is 16.2 Å². The zero-order valence-electron chi connectivity index (χ0n) is 15.5. The summed E-state index contributed by atoms with van der Waals surface area (Å²) in [7, 11) is 1.55. The first-order valence-electron chi connectivity index (χ1n) is 8.82. The molecule has 0 fully saturated rings. The lowest BCUT2D eigenvalue weighted by molar-refractivity contribution is 0.415. The van der Waals surface area contributed by atoms with E-state index in [9.17, 15) is 15.3 Å². The molecule has 0 bridgehead atoms. The van der Waals surface area contributed by atoms with Gasteiger partial charge in [-0.25, -0.2) is 4.98 Å². The van der Waals surface area contributed by atoms with E-state index in [1.54, 1.807) is 31.4 Å². The van der Waals surface area contributed by atoms with Crippen molar-refractivity contribution in [1.82, 2.24) is 14.6 Å². The summed E-state index contributed by atoms with van der Waals surface area (Å²) in [5.74, 6) is 1.16. The minimum atomic E-state index is -0.542. The number of H-pyrrole nitrogens is 1. The van der Waals surface area contributed by atoms with Crippen LogP contribution in [0.3, 0.4) is 0 Å². The number of pyridine rings is 1. The summed E-state index contributed by atoms with van der Waals surface area (Å²) in [6.45, 7) is 0. The van der Waals surface area contributed by atoms with Gasteiger partial charge in [0.1, 0.15) is 34.8 Å². The quantitative estimate of drug-likeness (QED) is 0.585. The molecule has 0 saturated heterocycles. The molecule has 0 spiro atoms. The van der Waals surface area contributed by atoms with E-state index in [0.717, 1.165) is 5.56 Å². The SMILES string of the molecule is COc1ccc(-c2c(C#N)c(=O)n3[nH]c(Cc4ccccc4)nc3c2C#N)cc1. The van der Waals surface area contributed by atoms with Gasteiger partial charge in [0.05, 0.1) is 7.11 Å². The molecule has 0 aliphatic carbocycles. The molecule has 0 unspecified atom stereocenters. The largest absolute Gasteiger partial charge is 0.497 e. The van der Waals surface area contributed by atoms with Gasteiger partial charge in [-0.05, 0) is 23.3 Å². The van der Waals surface area contributed by atoms with Crippen LogP contribution >= 0.6 is 0 Å². The van der Waals surface area contributed by atoms with Gasteiger partial charge >= 0.3 is 0 Å². The summed E-state index contributed by atoms with van der Waals surface area (Å²) >= 11 is 0. The highest BCUT2D eigenvalue weighted by Gasteiger charge is 2.22. The Morgan fingerprint density at radius 1 is 1.03 bits per heavy atom. The Labute approximate surface area is 166 Å². The fourth-order valence-corrected chi connectivity index (χ4v) is 3.28. The van der Waals surface area contributed by atoms with Crippen LogP contribution < -0.4 is 10.3 Å². The molecule has 7 heteroatoms. The van der Waals surface area contributed by atoms with Gasteiger partial charge < -0.3 is 4.74 Å². The van der Waals surface area contributed by atoms with Crippen LogP contribution in [0.5, 0.6) is 5.75 Å². The summed E-state index contributed by atoms with van der Waals surface area (Å²) in [6.07, 6.45) is 0.465. The monoisotopic (exact) mass is 381 g/mol. The van der Waals surface area contributed by atoms with E-state index < -0.39 is 5.56 Å². The van der Waals surface area contributed by atoms with Crippen molar-refractivity contribution in [3.05, 3.63) is 87.5 Å². The number of methoxy groups -OCH3 is 1. The summed E-state index contributed by atoms with van der Waals surface area (Å²) < 4.78 is 6.33. The molecule has 2 aromatic heterocycles. The van der Waals surface area contributed by atoms with Crippen molar-refractivity contribution in [2.75, 3.05) is 7.11 Å². The minimum absolute atomic E-state index is 0.112. The third-order valence-corrected chi connectivity index (χ3v) is 4.65. The highest BCUT2D eigenvalue weighted by molar-refractivity contribution is 5.82. The minimum Gasteiger partial charge on any atom is -0.497 e. The Balaban J connectivity index is 1.95. The zero-order valence-corrected chi connectivity index (χ0v) is 15.5. The number of benzene rings is 2. The average molecular weight is 381 g/mol. The molecule has 0 saturated carbocycles. The molecule has 7 nitrogen and oxygen atoms in total. The van der Waals surface area contributed by atoms with Crippen molar-refractivity contribution in [3.8, 4) is 29.0 Å². The number of ether oxygens (including phenoxy) is 1. The Kier molecular flexibility index (Phi) is 4.56. The van der Waals surface area contributed by atoms with Gasteiger partial charge in [-0.2, -0.15) is 15.0 Å². The van der Waals surface area contributed by atoms with Crippen molar-refractivity contribution < 1.29 is 4.74 Å². The molecule has 0 amide bonds. The van der Waals surface area contributed by atoms with E-state index in [1.807, 2.05) is 36.4 Å². The van der Waals surface area contributed by atoms with Crippen LogP contribution in [-0.4, -0.2) is 21.7 Å². The number of fused-ring (bicyclic) bond motifs is 1. The number of nitrogens with one attached hydrogen (secondary N) is 1. The molecule has 2 aromatic carbocycles. The maximum absolute atomic E-state index is 12.9. The number of nitriles is 2. The number of aromatic nitrogens is 3. The van der Waals surface area contributed by atoms with E-state index in [0.29, 0.717) is 23.6 Å². The van der Waals surface area contributed by atoms with Crippen LogP contribution in [0, 0.1) is 22.7 Å². The number of nitrogens with zero attached hydrogens (tertiary/aromatic N) is 4. The van der Waals surface area contributed by atoms with Gasteiger partial charge in [0.2, 0.25) is 0 Å². The number of hydrogen-bond acceptors (Lipinski definition) is 5. The Hall–Kier alpha value is -4.36. The summed E-state index contributed by atoms with van der Waals surface area (Å²) in [4.78, 5) is 17.4. The standard InChI is InChI=1S/C22H15N5O2/c1-29-16-9-7-15(8-10-16)20-17(12-23)21-25-19(11-14-5-3-2-4-6-14)26-27(21)22(28)18(20)13-24/h2-10H,11H2,1H3,(H,25,26). The van der Waals surface area contributed by atoms with Crippen molar-refractivity contribution in [3.63, 3.8) is 0 Å². The van der Waals surface area contributed by atoms with E-state index >= 15 is 0 Å². The predicted molar refractivity (Wildman–Crippen MR) is 106 cm³/mol. The second kappa shape index (κ2) is 7.34.